The van der Waals surface area contributed by atoms with Gasteiger partial charge in [0.1, 0.15) is 17.1 Å². The van der Waals surface area contributed by atoms with E-state index in [2.05, 4.69) is 37.2 Å². The molecule has 9 heteroatoms. The van der Waals surface area contributed by atoms with E-state index in [1.807, 2.05) is 31.2 Å². The van der Waals surface area contributed by atoms with Crippen molar-refractivity contribution in [3.63, 3.8) is 0 Å². The molecule has 3 aromatic rings. The van der Waals surface area contributed by atoms with E-state index < -0.39 is 17.8 Å². The number of phenolic OH excluding ortho intramolecular Hbond substituents is 1. The number of hydrogen-bond acceptors (Lipinski definition) is 5. The maximum atomic E-state index is 13.1. The summed E-state index contributed by atoms with van der Waals surface area (Å²) in [5.41, 5.74) is 2.57. The Hall–Kier alpha value is -3.43. The van der Waals surface area contributed by atoms with Crippen LogP contribution in [0.4, 0.5) is 10.5 Å². The first kappa shape index (κ1) is 24.7. The SMILES string of the molecule is CCOc1cc(/C=C2\C(=O)NC(=O)N(c3ccc(O)cc3)C2=O)cc(Br)c1Cc1ccccc1Br. The molecule has 0 aliphatic carbocycles. The molecule has 7 nitrogen and oxygen atoms in total. The van der Waals surface area contributed by atoms with E-state index in [9.17, 15) is 19.5 Å². The molecule has 1 aliphatic rings. The smallest absolute Gasteiger partial charge is 0.335 e. The van der Waals surface area contributed by atoms with Crippen molar-refractivity contribution in [2.24, 2.45) is 0 Å². The van der Waals surface area contributed by atoms with Gasteiger partial charge in [0, 0.05) is 20.9 Å². The molecular weight excluding hydrogens is 580 g/mol. The van der Waals surface area contributed by atoms with Gasteiger partial charge in [0.15, 0.2) is 0 Å². The van der Waals surface area contributed by atoms with Gasteiger partial charge in [0.25, 0.3) is 11.8 Å². The molecule has 0 spiro atoms. The summed E-state index contributed by atoms with van der Waals surface area (Å²) >= 11 is 7.19. The number of halogens is 2. The van der Waals surface area contributed by atoms with Gasteiger partial charge in [-0.15, -0.1) is 0 Å². The molecule has 3 aromatic carbocycles. The molecule has 0 radical (unpaired) electrons. The zero-order valence-electron chi connectivity index (χ0n) is 18.5. The molecule has 1 heterocycles. The second-order valence-electron chi connectivity index (χ2n) is 7.65. The Balaban J connectivity index is 1.72. The lowest BCUT2D eigenvalue weighted by Crippen LogP contribution is -2.54. The van der Waals surface area contributed by atoms with Crippen LogP contribution in [0, 0.1) is 0 Å². The number of nitrogens with one attached hydrogen (secondary N) is 1. The van der Waals surface area contributed by atoms with Crippen LogP contribution >= 0.6 is 31.9 Å². The number of carbonyl (C=O) groups excluding carboxylic acids is 3. The number of amides is 4. The fourth-order valence-electron chi connectivity index (χ4n) is 3.66. The number of urea groups is 1. The predicted molar refractivity (Wildman–Crippen MR) is 139 cm³/mol. The standard InChI is InChI=1S/C26H20Br2N2O5/c1-2-35-23-13-15(12-22(28)19(23)14-16-5-3-4-6-21(16)27)11-20-24(32)29-26(34)30(25(20)33)17-7-9-18(31)10-8-17/h3-13,31H,2,14H2,1H3,(H,29,32,34)/b20-11+. The highest BCUT2D eigenvalue weighted by atomic mass is 79.9. The largest absolute Gasteiger partial charge is 0.508 e. The predicted octanol–water partition coefficient (Wildman–Crippen LogP) is 5.57. The molecule has 178 valence electrons. The molecule has 4 amide bonds. The van der Waals surface area contributed by atoms with Gasteiger partial charge in [0.2, 0.25) is 0 Å². The van der Waals surface area contributed by atoms with Gasteiger partial charge in [-0.2, -0.15) is 0 Å². The molecule has 4 rings (SSSR count). The Labute approximate surface area is 218 Å². The minimum atomic E-state index is -0.859. The Morgan fingerprint density at radius 3 is 2.40 bits per heavy atom. The lowest BCUT2D eigenvalue weighted by atomic mass is 10.0. The average Bonchev–Trinajstić information content (AvgIpc) is 2.81. The maximum Gasteiger partial charge on any atom is 0.335 e. The van der Waals surface area contributed by atoms with Crippen molar-refractivity contribution < 1.29 is 24.2 Å². The Bertz CT molecular complexity index is 1350. The number of carbonyl (C=O) groups is 3. The number of aromatic hydroxyl groups is 1. The Kier molecular flexibility index (Phi) is 7.37. The minimum absolute atomic E-state index is 0.0126. The van der Waals surface area contributed by atoms with Crippen LogP contribution in [0.15, 0.2) is 75.2 Å². The summed E-state index contributed by atoms with van der Waals surface area (Å²) in [6, 6.07) is 16.1. The fourth-order valence-corrected chi connectivity index (χ4v) is 4.69. The van der Waals surface area contributed by atoms with Crippen molar-refractivity contribution >= 4 is 61.5 Å². The lowest BCUT2D eigenvalue weighted by molar-refractivity contribution is -0.122. The molecular formula is C26H20Br2N2O5. The number of ether oxygens (including phenoxy) is 1. The summed E-state index contributed by atoms with van der Waals surface area (Å²) in [6.45, 7) is 2.30. The van der Waals surface area contributed by atoms with E-state index >= 15 is 0 Å². The lowest BCUT2D eigenvalue weighted by Gasteiger charge is -2.26. The van der Waals surface area contributed by atoms with Gasteiger partial charge in [-0.05, 0) is 66.6 Å². The number of nitrogens with zero attached hydrogens (tertiary/aromatic N) is 1. The first-order valence-electron chi connectivity index (χ1n) is 10.7. The molecule has 0 bridgehead atoms. The number of benzene rings is 3. The monoisotopic (exact) mass is 598 g/mol. The van der Waals surface area contributed by atoms with Gasteiger partial charge in [-0.25, -0.2) is 9.69 Å². The van der Waals surface area contributed by atoms with Crippen LogP contribution in [0.2, 0.25) is 0 Å². The topological polar surface area (TPSA) is 95.9 Å². The zero-order valence-corrected chi connectivity index (χ0v) is 21.7. The van der Waals surface area contributed by atoms with Crippen molar-refractivity contribution in [3.05, 3.63) is 91.9 Å². The number of phenols is 1. The number of hydrogen-bond donors (Lipinski definition) is 2. The Morgan fingerprint density at radius 1 is 1.00 bits per heavy atom. The van der Waals surface area contributed by atoms with E-state index in [1.54, 1.807) is 12.1 Å². The van der Waals surface area contributed by atoms with E-state index in [0.29, 0.717) is 24.3 Å². The van der Waals surface area contributed by atoms with Crippen molar-refractivity contribution in [2.75, 3.05) is 11.5 Å². The third-order valence-corrected chi connectivity index (χ3v) is 6.80. The zero-order chi connectivity index (χ0) is 25.1. The summed E-state index contributed by atoms with van der Waals surface area (Å²) in [5, 5.41) is 11.7. The number of rotatable bonds is 6. The normalized spacial score (nSPS) is 14.9. The highest BCUT2D eigenvalue weighted by Crippen LogP contribution is 2.34. The quantitative estimate of drug-likeness (QED) is 0.285. The van der Waals surface area contributed by atoms with Crippen LogP contribution in [-0.2, 0) is 16.0 Å². The van der Waals surface area contributed by atoms with Crippen LogP contribution < -0.4 is 15.0 Å². The average molecular weight is 600 g/mol. The van der Waals surface area contributed by atoms with Gasteiger partial charge in [-0.1, -0.05) is 50.1 Å². The fraction of sp³-hybridized carbons (Fsp3) is 0.115. The number of barbiturate groups is 1. The molecule has 0 aromatic heterocycles. The summed E-state index contributed by atoms with van der Waals surface area (Å²) in [6.07, 6.45) is 2.02. The van der Waals surface area contributed by atoms with Crippen LogP contribution in [0.5, 0.6) is 11.5 Å². The number of anilines is 1. The first-order chi connectivity index (χ1) is 16.8. The van der Waals surface area contributed by atoms with E-state index in [0.717, 1.165) is 25.0 Å². The molecule has 1 saturated heterocycles. The molecule has 1 fully saturated rings. The van der Waals surface area contributed by atoms with Crippen molar-refractivity contribution in [2.45, 2.75) is 13.3 Å². The molecule has 2 N–H and O–H groups in total. The van der Waals surface area contributed by atoms with E-state index in [4.69, 9.17) is 4.74 Å². The Morgan fingerprint density at radius 2 is 1.71 bits per heavy atom. The minimum Gasteiger partial charge on any atom is -0.508 e. The highest BCUT2D eigenvalue weighted by molar-refractivity contribution is 9.10. The van der Waals surface area contributed by atoms with Gasteiger partial charge in [0.05, 0.1) is 12.3 Å². The van der Waals surface area contributed by atoms with Crippen molar-refractivity contribution in [3.8, 4) is 11.5 Å². The number of imide groups is 2. The van der Waals surface area contributed by atoms with Crippen LogP contribution in [-0.4, -0.2) is 29.6 Å². The summed E-state index contributed by atoms with van der Waals surface area (Å²) in [7, 11) is 0. The van der Waals surface area contributed by atoms with Crippen molar-refractivity contribution in [1.82, 2.24) is 5.32 Å². The third kappa shape index (κ3) is 5.31. The molecule has 0 saturated carbocycles. The van der Waals surface area contributed by atoms with Crippen LogP contribution in [0.3, 0.4) is 0 Å². The highest BCUT2D eigenvalue weighted by Gasteiger charge is 2.36. The second-order valence-corrected chi connectivity index (χ2v) is 9.36. The van der Waals surface area contributed by atoms with Gasteiger partial charge in [-0.3, -0.25) is 14.9 Å². The molecule has 0 unspecified atom stereocenters. The van der Waals surface area contributed by atoms with Crippen molar-refractivity contribution in [1.29, 1.82) is 0 Å². The molecule has 1 aliphatic heterocycles. The van der Waals surface area contributed by atoms with Crippen LogP contribution in [0.25, 0.3) is 6.08 Å². The third-order valence-electron chi connectivity index (χ3n) is 5.32. The first-order valence-corrected chi connectivity index (χ1v) is 12.3. The van der Waals surface area contributed by atoms with Gasteiger partial charge < -0.3 is 9.84 Å². The molecule has 0 atom stereocenters. The van der Waals surface area contributed by atoms with Crippen LogP contribution in [0.1, 0.15) is 23.6 Å². The molecule has 35 heavy (non-hydrogen) atoms. The summed E-state index contributed by atoms with van der Waals surface area (Å²) in [5.74, 6) is -0.960. The maximum absolute atomic E-state index is 13.1. The van der Waals surface area contributed by atoms with Gasteiger partial charge >= 0.3 is 6.03 Å². The van der Waals surface area contributed by atoms with E-state index in [1.165, 1.54) is 30.3 Å². The summed E-state index contributed by atoms with van der Waals surface area (Å²) in [4.78, 5) is 38.9. The van der Waals surface area contributed by atoms with E-state index in [-0.39, 0.29) is 17.0 Å². The summed E-state index contributed by atoms with van der Waals surface area (Å²) < 4.78 is 7.61. The second kappa shape index (κ2) is 10.5.